The molecule has 5 heterocycles. The molecule has 0 aliphatic carbocycles. The molecule has 2 fully saturated rings. The van der Waals surface area contributed by atoms with Gasteiger partial charge in [-0.15, -0.1) is 0 Å². The van der Waals surface area contributed by atoms with E-state index in [2.05, 4.69) is 47.6 Å². The highest BCUT2D eigenvalue weighted by Gasteiger charge is 2.26. The first-order valence-electron chi connectivity index (χ1n) is 19.8. The number of carbonyl (C=O) groups excluding carboxylic acids is 2. The molecule has 0 atom stereocenters. The molecule has 326 valence electrons. The number of imidazole rings is 1. The second-order valence-electron chi connectivity index (χ2n) is 14.6. The number of aromatic nitrogens is 6. The molecular formula is C43H45Cl4IN10O4. The second kappa shape index (κ2) is 20.2. The van der Waals surface area contributed by atoms with Crippen molar-refractivity contribution in [2.24, 2.45) is 0 Å². The van der Waals surface area contributed by atoms with Crippen molar-refractivity contribution < 1.29 is 19.1 Å². The highest BCUT2D eigenvalue weighted by atomic mass is 127. The Morgan fingerprint density at radius 2 is 1.15 bits per heavy atom. The van der Waals surface area contributed by atoms with Crippen LogP contribution >= 0.6 is 69.0 Å². The van der Waals surface area contributed by atoms with Crippen LogP contribution in [0.4, 0.5) is 11.4 Å². The van der Waals surface area contributed by atoms with Gasteiger partial charge in [-0.1, -0.05) is 76.7 Å². The number of rotatable bonds is 10. The summed E-state index contributed by atoms with van der Waals surface area (Å²) in [6.45, 7) is 9.58. The van der Waals surface area contributed by atoms with Crippen molar-refractivity contribution in [1.82, 2.24) is 38.9 Å². The third-order valence-corrected chi connectivity index (χ3v) is 13.5. The first-order valence-corrected chi connectivity index (χ1v) is 22.4. The number of hydrogen-bond donors (Lipinski definition) is 0. The van der Waals surface area contributed by atoms with E-state index in [1.165, 1.54) is 0 Å². The normalized spacial score (nSPS) is 14.1. The number of carbonyl (C=O) groups is 2. The average molecular weight is 1030 g/mol. The topological polar surface area (TPSA) is 119 Å². The highest BCUT2D eigenvalue weighted by molar-refractivity contribution is 14.1. The Morgan fingerprint density at radius 1 is 0.661 bits per heavy atom. The van der Waals surface area contributed by atoms with Crippen LogP contribution in [0.3, 0.4) is 0 Å². The molecule has 62 heavy (non-hydrogen) atoms. The summed E-state index contributed by atoms with van der Waals surface area (Å²) < 4.78 is 16.5. The van der Waals surface area contributed by atoms with Crippen LogP contribution in [0.2, 0.25) is 20.1 Å². The van der Waals surface area contributed by atoms with Gasteiger partial charge in [0.2, 0.25) is 11.8 Å². The maximum Gasteiger partial charge on any atom is 0.244 e. The van der Waals surface area contributed by atoms with Crippen molar-refractivity contribution in [1.29, 1.82) is 0 Å². The van der Waals surface area contributed by atoms with Gasteiger partial charge in [0.15, 0.2) is 5.82 Å². The van der Waals surface area contributed by atoms with E-state index in [1.54, 1.807) is 29.8 Å². The van der Waals surface area contributed by atoms with Gasteiger partial charge in [0.05, 0.1) is 40.7 Å². The first kappa shape index (κ1) is 45.3. The third kappa shape index (κ3) is 10.1. The zero-order valence-electron chi connectivity index (χ0n) is 34.6. The van der Waals surface area contributed by atoms with Crippen LogP contribution in [-0.4, -0.2) is 117 Å². The summed E-state index contributed by atoms with van der Waals surface area (Å²) in [4.78, 5) is 38.4. The highest BCUT2D eigenvalue weighted by Crippen LogP contribution is 2.32. The molecule has 3 aromatic heterocycles. The van der Waals surface area contributed by atoms with Crippen LogP contribution in [0, 0.1) is 17.5 Å². The molecule has 6 aromatic rings. The van der Waals surface area contributed by atoms with Gasteiger partial charge in [0, 0.05) is 93.8 Å². The van der Waals surface area contributed by atoms with Crippen LogP contribution in [0.1, 0.15) is 11.4 Å². The van der Waals surface area contributed by atoms with Gasteiger partial charge in [-0.3, -0.25) is 23.5 Å². The number of piperazine rings is 2. The minimum Gasteiger partial charge on any atom is -0.495 e. The summed E-state index contributed by atoms with van der Waals surface area (Å²) >= 11 is 27.1. The molecule has 8 rings (SSSR count). The smallest absolute Gasteiger partial charge is 0.244 e. The van der Waals surface area contributed by atoms with Crippen molar-refractivity contribution in [3.8, 4) is 28.7 Å². The average Bonchev–Trinajstić information content (AvgIpc) is 3.96. The number of benzene rings is 3. The Morgan fingerprint density at radius 3 is 1.61 bits per heavy atom. The van der Waals surface area contributed by atoms with Crippen LogP contribution in [0.25, 0.3) is 17.2 Å². The van der Waals surface area contributed by atoms with Crippen LogP contribution in [0.15, 0.2) is 79.1 Å². The monoisotopic (exact) mass is 1030 g/mol. The molecule has 0 spiro atoms. The molecule has 0 unspecified atom stereocenters. The number of hydrogen-bond acceptors (Lipinski definition) is 9. The minimum atomic E-state index is 0.00562. The lowest BCUT2D eigenvalue weighted by Crippen LogP contribution is -2.49. The molecule has 0 saturated carbocycles. The van der Waals surface area contributed by atoms with Crippen LogP contribution in [-0.2, 0) is 22.7 Å². The minimum absolute atomic E-state index is 0.00562. The zero-order chi connectivity index (χ0) is 44.1. The third-order valence-electron chi connectivity index (χ3n) is 10.9. The summed E-state index contributed by atoms with van der Waals surface area (Å²) in [5, 5.41) is 11.3. The van der Waals surface area contributed by atoms with E-state index in [-0.39, 0.29) is 24.9 Å². The van der Waals surface area contributed by atoms with Crippen molar-refractivity contribution in [3.05, 3.63) is 114 Å². The van der Waals surface area contributed by atoms with E-state index in [9.17, 15) is 9.59 Å². The summed E-state index contributed by atoms with van der Waals surface area (Å²) in [5.41, 5.74) is 4.58. The van der Waals surface area contributed by atoms with E-state index < -0.39 is 0 Å². The molecule has 0 bridgehead atoms. The Hall–Kier alpha value is -4.68. The van der Waals surface area contributed by atoms with Gasteiger partial charge in [0.1, 0.15) is 39.1 Å². The Bertz CT molecular complexity index is 2530. The summed E-state index contributed by atoms with van der Waals surface area (Å²) in [6.07, 6.45) is 3.54. The van der Waals surface area contributed by atoms with E-state index >= 15 is 0 Å². The fourth-order valence-electron chi connectivity index (χ4n) is 7.31. The fraction of sp³-hybridized carbons (Fsp3) is 0.326. The maximum atomic E-state index is 13.2. The Balaban J connectivity index is 0.000000197. The van der Waals surface area contributed by atoms with Gasteiger partial charge < -0.3 is 29.1 Å². The van der Waals surface area contributed by atoms with Gasteiger partial charge in [-0.05, 0) is 60.7 Å². The SMILES string of the molecule is COc1cc(N2CCN(C(=O)Cn3nc(-n4ccnc4-c4ccccc4)c(Cl)c3C)CC2)ccc1Cl.COc1cc(N2CCN(C(=O)Cn3nc(I)c(Cl)c3C)CC2)ccc1Cl. The molecule has 2 saturated heterocycles. The number of amides is 2. The van der Waals surface area contributed by atoms with E-state index in [0.717, 1.165) is 64.0 Å². The largest absolute Gasteiger partial charge is 0.495 e. The predicted octanol–water partition coefficient (Wildman–Crippen LogP) is 8.17. The molecular weight excluding hydrogens is 989 g/mol. The molecule has 19 heteroatoms. The molecule has 0 N–H and O–H groups in total. The molecule has 2 aliphatic heterocycles. The summed E-state index contributed by atoms with van der Waals surface area (Å²) in [6, 6.07) is 21.3. The van der Waals surface area contributed by atoms with E-state index in [1.807, 2.05) is 101 Å². The summed E-state index contributed by atoms with van der Waals surface area (Å²) in [7, 11) is 3.21. The van der Waals surface area contributed by atoms with Gasteiger partial charge in [-0.25, -0.2) is 4.98 Å². The molecule has 2 amide bonds. The van der Waals surface area contributed by atoms with Crippen molar-refractivity contribution >= 4 is 92.2 Å². The van der Waals surface area contributed by atoms with E-state index in [4.69, 9.17) is 55.9 Å². The Kier molecular flexibility index (Phi) is 14.8. The quantitative estimate of drug-likeness (QED) is 0.125. The molecule has 3 aromatic carbocycles. The summed E-state index contributed by atoms with van der Waals surface area (Å²) in [5.74, 6) is 2.65. The number of ether oxygens (including phenoxy) is 2. The van der Waals surface area contributed by atoms with Crippen molar-refractivity contribution in [2.75, 3.05) is 76.4 Å². The van der Waals surface area contributed by atoms with Gasteiger partial charge >= 0.3 is 0 Å². The second-order valence-corrected chi connectivity index (χ2v) is 17.2. The first-order chi connectivity index (χ1) is 29.9. The van der Waals surface area contributed by atoms with E-state index in [0.29, 0.717) is 63.6 Å². The standard InChI is InChI=1S/C26H26Cl2N6O2.C17H19Cl2IN4O2/c1-18-24(28)26(33-11-10-29-25(33)19-6-4-3-5-7-19)30-34(18)17-23(35)32-14-12-31(13-15-32)20-8-9-21(27)22(16-20)36-2;1-11-16(19)17(20)21-24(11)10-15(25)23-7-5-22(6-8-23)12-3-4-13(18)14(9-12)26-2/h3-11,16H,12-15,17H2,1-2H3;3-4,9H,5-8,10H2,1-2H3. The van der Waals surface area contributed by atoms with Gasteiger partial charge in [-0.2, -0.15) is 10.2 Å². The van der Waals surface area contributed by atoms with Crippen LogP contribution in [0.5, 0.6) is 11.5 Å². The number of methoxy groups -OCH3 is 2. The van der Waals surface area contributed by atoms with Crippen molar-refractivity contribution in [3.63, 3.8) is 0 Å². The number of anilines is 2. The lowest BCUT2D eigenvalue weighted by Gasteiger charge is -2.36. The lowest BCUT2D eigenvalue weighted by atomic mass is 10.2. The Labute approximate surface area is 393 Å². The van der Waals surface area contributed by atoms with Crippen molar-refractivity contribution in [2.45, 2.75) is 26.9 Å². The van der Waals surface area contributed by atoms with Gasteiger partial charge in [0.25, 0.3) is 0 Å². The lowest BCUT2D eigenvalue weighted by molar-refractivity contribution is -0.133. The predicted molar refractivity (Wildman–Crippen MR) is 253 cm³/mol. The number of nitrogens with zero attached hydrogens (tertiary/aromatic N) is 10. The zero-order valence-corrected chi connectivity index (χ0v) is 39.8. The molecule has 0 radical (unpaired) electrons. The fourth-order valence-corrected chi connectivity index (χ4v) is 8.71. The molecule has 2 aliphatic rings. The number of halogens is 5. The molecule has 14 nitrogen and oxygen atoms in total. The van der Waals surface area contributed by atoms with Crippen LogP contribution < -0.4 is 19.3 Å². The maximum absolute atomic E-state index is 13.2.